The van der Waals surface area contributed by atoms with Gasteiger partial charge < -0.3 is 14.4 Å². The number of hydrogen-bond donors (Lipinski definition) is 0. The predicted octanol–water partition coefficient (Wildman–Crippen LogP) is 1.14. The number of anilines is 1. The van der Waals surface area contributed by atoms with E-state index in [-0.39, 0.29) is 36.2 Å². The van der Waals surface area contributed by atoms with E-state index in [1.807, 2.05) is 19.9 Å². The minimum absolute atomic E-state index is 0.0692. The Morgan fingerprint density at radius 2 is 1.68 bits per heavy atom. The monoisotopic (exact) mass is 512 g/mol. The summed E-state index contributed by atoms with van der Waals surface area (Å²) in [6.07, 6.45) is 3.41. The lowest BCUT2D eigenvalue weighted by Crippen LogP contribution is -2.49. The van der Waals surface area contributed by atoms with Crippen LogP contribution in [0.3, 0.4) is 0 Å². The second kappa shape index (κ2) is 11.8. The van der Waals surface area contributed by atoms with Crippen LogP contribution in [0.1, 0.15) is 30.6 Å². The van der Waals surface area contributed by atoms with Crippen LogP contribution in [0.5, 0.6) is 0 Å². The molecule has 1 aliphatic heterocycles. The van der Waals surface area contributed by atoms with Gasteiger partial charge >= 0.3 is 5.69 Å². The van der Waals surface area contributed by atoms with E-state index >= 15 is 0 Å². The number of aryl methyl sites for hydroxylation is 1. The lowest BCUT2D eigenvalue weighted by molar-refractivity contribution is -0.384. The molecule has 0 N–H and O–H groups in total. The largest absolute Gasteiger partial charge is 0.336 e. The normalized spacial score (nSPS) is 13.8. The van der Waals surface area contributed by atoms with Crippen molar-refractivity contribution in [1.29, 1.82) is 0 Å². The molecule has 3 rings (SSSR count). The molecule has 1 saturated heterocycles. The van der Waals surface area contributed by atoms with Crippen molar-refractivity contribution in [3.8, 4) is 0 Å². The fraction of sp³-hybridized carbons (Fsp3) is 0.440. The van der Waals surface area contributed by atoms with E-state index in [2.05, 4.69) is 4.90 Å². The van der Waals surface area contributed by atoms with Crippen molar-refractivity contribution < 1.29 is 14.5 Å². The average molecular weight is 513 g/mol. The fourth-order valence-corrected chi connectivity index (χ4v) is 4.05. The van der Waals surface area contributed by atoms with Gasteiger partial charge in [0.05, 0.1) is 4.92 Å². The molecule has 37 heavy (non-hydrogen) atoms. The number of rotatable bonds is 8. The molecule has 0 spiro atoms. The van der Waals surface area contributed by atoms with Crippen molar-refractivity contribution in [3.63, 3.8) is 0 Å². The van der Waals surface area contributed by atoms with Gasteiger partial charge in [0.2, 0.25) is 5.91 Å². The second-order valence-corrected chi connectivity index (χ2v) is 9.25. The SMILES string of the molecule is CC(C)=CCN(C(=O)CCN1CCN(C(=O)c2ccc([N+](=O)[O-])cc2)CC1)c1cn(C)c(=O)n(C)c1=O. The standard InChI is InChI=1S/C25H32N6O6/c1-18(2)9-12-30(21-17-26(3)25(35)27(4)24(21)34)22(32)10-11-28-13-15-29(16-14-28)23(33)19-5-7-20(8-6-19)31(36)37/h5-9,17H,10-16H2,1-4H3. The summed E-state index contributed by atoms with van der Waals surface area (Å²) in [4.78, 5) is 66.3. The summed E-state index contributed by atoms with van der Waals surface area (Å²) in [5.41, 5.74) is 0.462. The number of piperazine rings is 1. The van der Waals surface area contributed by atoms with Crippen LogP contribution in [0.2, 0.25) is 0 Å². The Labute approximate surface area is 214 Å². The van der Waals surface area contributed by atoms with Gasteiger partial charge in [-0.05, 0) is 26.0 Å². The number of nitro benzene ring substituents is 1. The number of amides is 2. The summed E-state index contributed by atoms with van der Waals surface area (Å²) in [6, 6.07) is 5.54. The van der Waals surface area contributed by atoms with Crippen LogP contribution in [0.15, 0.2) is 51.7 Å². The van der Waals surface area contributed by atoms with Crippen molar-refractivity contribution in [2.45, 2.75) is 20.3 Å². The smallest absolute Gasteiger partial charge is 0.330 e. The summed E-state index contributed by atoms with van der Waals surface area (Å²) >= 11 is 0. The molecule has 2 aromatic rings. The van der Waals surface area contributed by atoms with Crippen LogP contribution in [-0.4, -0.2) is 74.9 Å². The van der Waals surface area contributed by atoms with Crippen LogP contribution in [0.25, 0.3) is 0 Å². The van der Waals surface area contributed by atoms with Crippen LogP contribution in [-0.2, 0) is 18.9 Å². The van der Waals surface area contributed by atoms with E-state index in [0.29, 0.717) is 38.3 Å². The van der Waals surface area contributed by atoms with Gasteiger partial charge in [-0.2, -0.15) is 0 Å². The maximum absolute atomic E-state index is 13.2. The molecule has 0 aliphatic carbocycles. The van der Waals surface area contributed by atoms with Crippen molar-refractivity contribution in [3.05, 3.63) is 78.6 Å². The molecule has 0 unspecified atom stereocenters. The van der Waals surface area contributed by atoms with Crippen LogP contribution >= 0.6 is 0 Å². The van der Waals surface area contributed by atoms with Crippen molar-refractivity contribution in [2.75, 3.05) is 44.2 Å². The minimum atomic E-state index is -0.531. The van der Waals surface area contributed by atoms with E-state index in [1.165, 1.54) is 54.0 Å². The Kier molecular flexibility index (Phi) is 8.77. The van der Waals surface area contributed by atoms with E-state index in [9.17, 15) is 29.3 Å². The number of aromatic nitrogens is 2. The van der Waals surface area contributed by atoms with Crippen molar-refractivity contribution in [1.82, 2.24) is 18.9 Å². The Balaban J connectivity index is 1.62. The molecule has 12 nitrogen and oxygen atoms in total. The van der Waals surface area contributed by atoms with Crippen molar-refractivity contribution in [2.24, 2.45) is 14.1 Å². The Morgan fingerprint density at radius 3 is 2.24 bits per heavy atom. The number of allylic oxidation sites excluding steroid dienone is 1. The Hall–Kier alpha value is -4.06. The molecule has 0 atom stereocenters. The van der Waals surface area contributed by atoms with Gasteiger partial charge in [0.25, 0.3) is 17.2 Å². The molecule has 0 saturated carbocycles. The first-order valence-electron chi connectivity index (χ1n) is 12.0. The quantitative estimate of drug-likeness (QED) is 0.294. The third-order valence-corrected chi connectivity index (χ3v) is 6.33. The predicted molar refractivity (Wildman–Crippen MR) is 139 cm³/mol. The number of hydrogen-bond acceptors (Lipinski definition) is 7. The summed E-state index contributed by atoms with van der Waals surface area (Å²) in [7, 11) is 2.92. The lowest BCUT2D eigenvalue weighted by Gasteiger charge is -2.35. The Bertz CT molecular complexity index is 1310. The van der Waals surface area contributed by atoms with Gasteiger partial charge in [0.1, 0.15) is 5.69 Å². The molecule has 1 aromatic heterocycles. The Morgan fingerprint density at radius 1 is 1.05 bits per heavy atom. The third kappa shape index (κ3) is 6.58. The van der Waals surface area contributed by atoms with Crippen LogP contribution in [0.4, 0.5) is 11.4 Å². The molecule has 1 aromatic carbocycles. The van der Waals surface area contributed by atoms with Gasteiger partial charge in [0, 0.05) is 83.7 Å². The van der Waals surface area contributed by atoms with E-state index in [4.69, 9.17) is 0 Å². The van der Waals surface area contributed by atoms with E-state index in [1.54, 1.807) is 4.90 Å². The first-order valence-corrected chi connectivity index (χ1v) is 12.0. The highest BCUT2D eigenvalue weighted by Crippen LogP contribution is 2.15. The van der Waals surface area contributed by atoms with E-state index in [0.717, 1.165) is 10.1 Å². The van der Waals surface area contributed by atoms with Gasteiger partial charge in [-0.25, -0.2) is 4.79 Å². The first kappa shape index (κ1) is 27.5. The molecule has 12 heteroatoms. The molecule has 0 bridgehead atoms. The molecular weight excluding hydrogens is 480 g/mol. The maximum Gasteiger partial charge on any atom is 0.330 e. The van der Waals surface area contributed by atoms with Gasteiger partial charge in [-0.3, -0.25) is 34.0 Å². The molecule has 1 fully saturated rings. The number of nitro groups is 1. The number of non-ortho nitro benzene ring substituents is 1. The summed E-state index contributed by atoms with van der Waals surface area (Å²) in [5.74, 6) is -0.429. The number of nitrogens with zero attached hydrogens (tertiary/aromatic N) is 6. The van der Waals surface area contributed by atoms with E-state index < -0.39 is 16.2 Å². The highest BCUT2D eigenvalue weighted by Gasteiger charge is 2.25. The molecule has 0 radical (unpaired) electrons. The number of carbonyl (C=O) groups is 2. The fourth-order valence-electron chi connectivity index (χ4n) is 4.05. The number of benzene rings is 1. The molecule has 2 heterocycles. The molecule has 1 aliphatic rings. The first-order chi connectivity index (χ1) is 17.5. The topological polar surface area (TPSA) is 131 Å². The zero-order chi connectivity index (χ0) is 27.3. The maximum atomic E-state index is 13.2. The zero-order valence-corrected chi connectivity index (χ0v) is 21.5. The van der Waals surface area contributed by atoms with Gasteiger partial charge in [-0.15, -0.1) is 0 Å². The summed E-state index contributed by atoms with van der Waals surface area (Å²) in [5, 5.41) is 10.8. The van der Waals surface area contributed by atoms with Crippen molar-refractivity contribution >= 4 is 23.2 Å². The second-order valence-electron chi connectivity index (χ2n) is 9.25. The highest BCUT2D eigenvalue weighted by molar-refractivity contribution is 5.94. The highest BCUT2D eigenvalue weighted by atomic mass is 16.6. The number of carbonyl (C=O) groups excluding carboxylic acids is 2. The molecule has 2 amide bonds. The zero-order valence-electron chi connectivity index (χ0n) is 21.5. The minimum Gasteiger partial charge on any atom is -0.336 e. The molecular formula is C25H32N6O6. The third-order valence-electron chi connectivity index (χ3n) is 6.33. The van der Waals surface area contributed by atoms with Gasteiger partial charge in [-0.1, -0.05) is 11.6 Å². The van der Waals surface area contributed by atoms with Crippen LogP contribution < -0.4 is 16.1 Å². The lowest BCUT2D eigenvalue weighted by atomic mass is 10.1. The average Bonchev–Trinajstić information content (AvgIpc) is 2.88. The summed E-state index contributed by atoms with van der Waals surface area (Å²) in [6.45, 7) is 6.54. The summed E-state index contributed by atoms with van der Waals surface area (Å²) < 4.78 is 2.26. The van der Waals surface area contributed by atoms with Crippen LogP contribution in [0, 0.1) is 10.1 Å². The molecule has 198 valence electrons. The van der Waals surface area contributed by atoms with Gasteiger partial charge in [0.15, 0.2) is 0 Å².